The molecule has 0 spiro atoms. The van der Waals surface area contributed by atoms with Crippen molar-refractivity contribution in [3.05, 3.63) is 33.9 Å². The first-order valence-electron chi connectivity index (χ1n) is 4.66. The molecule has 1 aromatic carbocycles. The van der Waals surface area contributed by atoms with Gasteiger partial charge in [-0.05, 0) is 12.1 Å². The van der Waals surface area contributed by atoms with Crippen molar-refractivity contribution in [2.24, 2.45) is 10.3 Å². The molecule has 0 fully saturated rings. The highest BCUT2D eigenvalue weighted by atomic mass is 19.4. The molecule has 0 aliphatic carbocycles. The van der Waals surface area contributed by atoms with Gasteiger partial charge in [-0.1, -0.05) is 5.22 Å². The highest BCUT2D eigenvalue weighted by molar-refractivity contribution is 5.51. The summed E-state index contributed by atoms with van der Waals surface area (Å²) in [5.74, 6) is 0. The Morgan fingerprint density at radius 3 is 2.39 bits per heavy atom. The van der Waals surface area contributed by atoms with Crippen molar-refractivity contribution in [2.45, 2.75) is 6.18 Å². The van der Waals surface area contributed by atoms with Crippen LogP contribution in [0, 0.1) is 10.1 Å². The maximum atomic E-state index is 12.6. The number of nitrogens with zero attached hydrogens (tertiary/aromatic N) is 4. The first kappa shape index (κ1) is 13.9. The lowest BCUT2D eigenvalue weighted by Crippen LogP contribution is -2.08. The summed E-state index contributed by atoms with van der Waals surface area (Å²) in [7, 11) is 3.08. The molecule has 18 heavy (non-hydrogen) atoms. The van der Waals surface area contributed by atoms with Gasteiger partial charge in [-0.3, -0.25) is 15.1 Å². The van der Waals surface area contributed by atoms with E-state index in [1.165, 1.54) is 5.01 Å². The van der Waals surface area contributed by atoms with E-state index in [1.807, 2.05) is 0 Å². The summed E-state index contributed by atoms with van der Waals surface area (Å²) in [6.07, 6.45) is -4.81. The van der Waals surface area contributed by atoms with E-state index in [9.17, 15) is 23.3 Å². The summed E-state index contributed by atoms with van der Waals surface area (Å²) >= 11 is 0. The number of benzene rings is 1. The standard InChI is InChI=1S/C9H9F3N4O2/c1-15(2)14-13-6-3-4-8(16(17)18)7(5-6)9(10,11)12/h3-5H,1-2H3. The average Bonchev–Trinajstić information content (AvgIpc) is 2.24. The first-order valence-corrected chi connectivity index (χ1v) is 4.66. The minimum Gasteiger partial charge on any atom is -0.285 e. The van der Waals surface area contributed by atoms with Crippen LogP contribution in [0.5, 0.6) is 0 Å². The van der Waals surface area contributed by atoms with Gasteiger partial charge in [0, 0.05) is 20.2 Å². The number of halogens is 3. The summed E-state index contributed by atoms with van der Waals surface area (Å²) in [6.45, 7) is 0. The highest BCUT2D eigenvalue weighted by Crippen LogP contribution is 2.38. The minimum atomic E-state index is -4.81. The second kappa shape index (κ2) is 4.98. The number of hydrogen-bond acceptors (Lipinski definition) is 4. The molecule has 6 nitrogen and oxygen atoms in total. The monoisotopic (exact) mass is 262 g/mol. The van der Waals surface area contributed by atoms with Crippen molar-refractivity contribution in [2.75, 3.05) is 14.1 Å². The Labute approximate surface area is 99.9 Å². The van der Waals surface area contributed by atoms with E-state index >= 15 is 0 Å². The number of nitro groups is 1. The van der Waals surface area contributed by atoms with E-state index in [4.69, 9.17) is 0 Å². The zero-order valence-corrected chi connectivity index (χ0v) is 9.47. The largest absolute Gasteiger partial charge is 0.423 e. The van der Waals surface area contributed by atoms with Crippen LogP contribution >= 0.6 is 0 Å². The maximum Gasteiger partial charge on any atom is 0.423 e. The molecule has 0 aliphatic rings. The van der Waals surface area contributed by atoms with Crippen LogP contribution in [-0.4, -0.2) is 24.0 Å². The predicted molar refractivity (Wildman–Crippen MR) is 56.3 cm³/mol. The van der Waals surface area contributed by atoms with Gasteiger partial charge in [-0.25, -0.2) is 0 Å². The van der Waals surface area contributed by atoms with Gasteiger partial charge < -0.3 is 0 Å². The summed E-state index contributed by atoms with van der Waals surface area (Å²) < 4.78 is 37.8. The smallest absolute Gasteiger partial charge is 0.285 e. The topological polar surface area (TPSA) is 71.1 Å². The van der Waals surface area contributed by atoms with Gasteiger partial charge in [-0.15, -0.1) is 5.11 Å². The average molecular weight is 262 g/mol. The van der Waals surface area contributed by atoms with Gasteiger partial charge in [0.2, 0.25) is 0 Å². The minimum absolute atomic E-state index is 0.110. The van der Waals surface area contributed by atoms with Crippen molar-refractivity contribution in [1.29, 1.82) is 0 Å². The third-order valence-electron chi connectivity index (χ3n) is 1.82. The Morgan fingerprint density at radius 2 is 1.94 bits per heavy atom. The molecule has 0 unspecified atom stereocenters. The molecule has 1 aromatic rings. The van der Waals surface area contributed by atoms with Gasteiger partial charge in [-0.2, -0.15) is 13.2 Å². The number of hydrogen-bond donors (Lipinski definition) is 0. The molecule has 0 heterocycles. The summed E-state index contributed by atoms with van der Waals surface area (Å²) in [5.41, 5.74) is -2.46. The van der Waals surface area contributed by atoms with Gasteiger partial charge in [0.15, 0.2) is 0 Å². The van der Waals surface area contributed by atoms with E-state index in [2.05, 4.69) is 10.3 Å². The normalized spacial score (nSPS) is 11.8. The number of rotatable bonds is 3. The van der Waals surface area contributed by atoms with Crippen LogP contribution in [0.25, 0.3) is 0 Å². The fourth-order valence-corrected chi connectivity index (χ4v) is 1.11. The Morgan fingerprint density at radius 1 is 1.33 bits per heavy atom. The van der Waals surface area contributed by atoms with E-state index < -0.39 is 22.4 Å². The third kappa shape index (κ3) is 3.40. The van der Waals surface area contributed by atoms with Crippen molar-refractivity contribution < 1.29 is 18.1 Å². The zero-order chi connectivity index (χ0) is 13.9. The summed E-state index contributed by atoms with van der Waals surface area (Å²) in [6, 6.07) is 2.44. The molecule has 1 rings (SSSR count). The fourth-order valence-electron chi connectivity index (χ4n) is 1.11. The Bertz CT molecular complexity index is 485. The molecular formula is C9H9F3N4O2. The Balaban J connectivity index is 3.26. The molecule has 0 amide bonds. The quantitative estimate of drug-likeness (QED) is 0.477. The first-order chi connectivity index (χ1) is 8.21. The lowest BCUT2D eigenvalue weighted by atomic mass is 10.1. The second-order valence-corrected chi connectivity index (χ2v) is 3.49. The number of alkyl halides is 3. The van der Waals surface area contributed by atoms with E-state index in [1.54, 1.807) is 14.1 Å². The van der Waals surface area contributed by atoms with Crippen LogP contribution in [0.4, 0.5) is 24.5 Å². The molecule has 0 aliphatic heterocycles. The zero-order valence-electron chi connectivity index (χ0n) is 9.47. The summed E-state index contributed by atoms with van der Waals surface area (Å²) in [5, 5.41) is 18.8. The number of nitro benzene ring substituents is 1. The molecule has 0 aromatic heterocycles. The van der Waals surface area contributed by atoms with E-state index in [0.717, 1.165) is 12.1 Å². The summed E-state index contributed by atoms with van der Waals surface area (Å²) in [4.78, 5) is 9.40. The SMILES string of the molecule is CN(C)N=Nc1ccc([N+](=O)[O-])c(C(F)(F)F)c1. The molecule has 0 bridgehead atoms. The molecule has 9 heteroatoms. The Hall–Kier alpha value is -2.19. The van der Waals surface area contributed by atoms with Crippen LogP contribution in [0.2, 0.25) is 0 Å². The van der Waals surface area contributed by atoms with Crippen LogP contribution in [0.15, 0.2) is 28.5 Å². The van der Waals surface area contributed by atoms with Gasteiger partial charge in [0.05, 0.1) is 10.6 Å². The van der Waals surface area contributed by atoms with Gasteiger partial charge in [0.1, 0.15) is 5.56 Å². The predicted octanol–water partition coefficient (Wildman–Crippen LogP) is 3.17. The molecule has 0 saturated heterocycles. The van der Waals surface area contributed by atoms with Crippen LogP contribution in [0.3, 0.4) is 0 Å². The third-order valence-corrected chi connectivity index (χ3v) is 1.82. The van der Waals surface area contributed by atoms with Crippen LogP contribution in [0.1, 0.15) is 5.56 Å². The van der Waals surface area contributed by atoms with Crippen molar-refractivity contribution in [1.82, 2.24) is 5.01 Å². The van der Waals surface area contributed by atoms with Gasteiger partial charge >= 0.3 is 6.18 Å². The molecule has 98 valence electrons. The van der Waals surface area contributed by atoms with E-state index in [0.29, 0.717) is 6.07 Å². The molecular weight excluding hydrogens is 253 g/mol. The highest BCUT2D eigenvalue weighted by Gasteiger charge is 2.38. The van der Waals surface area contributed by atoms with Crippen LogP contribution < -0.4 is 0 Å². The van der Waals surface area contributed by atoms with Crippen molar-refractivity contribution in [3.63, 3.8) is 0 Å². The van der Waals surface area contributed by atoms with Crippen LogP contribution in [-0.2, 0) is 6.18 Å². The van der Waals surface area contributed by atoms with Crippen molar-refractivity contribution >= 4 is 11.4 Å². The molecule has 0 N–H and O–H groups in total. The maximum absolute atomic E-state index is 12.6. The second-order valence-electron chi connectivity index (χ2n) is 3.49. The Kier molecular flexibility index (Phi) is 3.84. The van der Waals surface area contributed by atoms with Crippen molar-refractivity contribution in [3.8, 4) is 0 Å². The fraction of sp³-hybridized carbons (Fsp3) is 0.333. The molecule has 0 radical (unpaired) electrons. The molecule has 0 atom stereocenters. The van der Waals surface area contributed by atoms with E-state index in [-0.39, 0.29) is 5.69 Å². The molecule has 0 saturated carbocycles. The van der Waals surface area contributed by atoms with Gasteiger partial charge in [0.25, 0.3) is 5.69 Å². The lowest BCUT2D eigenvalue weighted by molar-refractivity contribution is -0.388. The lowest BCUT2D eigenvalue weighted by Gasteiger charge is -2.07.